The number of carbonyl (C=O) groups excluding carboxylic acids is 2. The van der Waals surface area contributed by atoms with Crippen molar-refractivity contribution in [3.63, 3.8) is 0 Å². The molecule has 0 bridgehead atoms. The van der Waals surface area contributed by atoms with Crippen molar-refractivity contribution in [1.82, 2.24) is 0 Å². The number of para-hydroxylation sites is 1. The molecule has 1 aliphatic rings. The van der Waals surface area contributed by atoms with Gasteiger partial charge in [0.15, 0.2) is 0 Å². The minimum atomic E-state index is -4.15. The highest BCUT2D eigenvalue weighted by atomic mass is 32.2. The fourth-order valence-electron chi connectivity index (χ4n) is 3.78. The van der Waals surface area contributed by atoms with E-state index in [2.05, 4.69) is 0 Å². The molecule has 0 saturated heterocycles. The van der Waals surface area contributed by atoms with Crippen LogP contribution in [0.1, 0.15) is 21.5 Å². The summed E-state index contributed by atoms with van der Waals surface area (Å²) >= 11 is 0. The fourth-order valence-corrected chi connectivity index (χ4v) is 5.36. The Morgan fingerprint density at radius 2 is 1.73 bits per heavy atom. The minimum Gasteiger partial charge on any atom is -0.497 e. The van der Waals surface area contributed by atoms with Gasteiger partial charge in [-0.1, -0.05) is 24.3 Å². The molecule has 0 fully saturated rings. The van der Waals surface area contributed by atoms with Gasteiger partial charge in [-0.3, -0.25) is 4.90 Å². The van der Waals surface area contributed by atoms with Crippen LogP contribution >= 0.6 is 0 Å². The summed E-state index contributed by atoms with van der Waals surface area (Å²) in [5, 5.41) is 0. The van der Waals surface area contributed by atoms with Gasteiger partial charge in [-0.25, -0.2) is 18.0 Å². The summed E-state index contributed by atoms with van der Waals surface area (Å²) in [6.07, 6.45) is 0. The zero-order chi connectivity index (χ0) is 23.8. The van der Waals surface area contributed by atoms with Crippen molar-refractivity contribution in [1.29, 1.82) is 0 Å². The van der Waals surface area contributed by atoms with Crippen molar-refractivity contribution in [2.75, 3.05) is 23.4 Å². The molecule has 0 aromatic heterocycles. The van der Waals surface area contributed by atoms with E-state index < -0.39 is 22.0 Å². The molecule has 0 radical (unpaired) electrons. The van der Waals surface area contributed by atoms with Crippen LogP contribution in [0.5, 0.6) is 5.75 Å². The van der Waals surface area contributed by atoms with E-state index in [-0.39, 0.29) is 28.4 Å². The maximum Gasteiger partial charge on any atom is 0.343 e. The number of amides is 2. The average molecular weight is 467 g/mol. The first-order valence-electron chi connectivity index (χ1n) is 10.1. The Labute approximate surface area is 192 Å². The summed E-state index contributed by atoms with van der Waals surface area (Å²) in [7, 11) is -1.39. The number of fused-ring (bicyclic) bond motifs is 1. The predicted octanol–water partition coefficient (Wildman–Crippen LogP) is 4.13. The molecule has 0 N–H and O–H groups in total. The Kier molecular flexibility index (Phi) is 5.82. The lowest BCUT2D eigenvalue weighted by Gasteiger charge is -2.36. The second kappa shape index (κ2) is 8.59. The lowest BCUT2D eigenvalue weighted by atomic mass is 10.1. The van der Waals surface area contributed by atoms with Crippen LogP contribution in [0.4, 0.5) is 16.2 Å². The molecule has 0 saturated carbocycles. The molecular formula is C24H22N2O6S. The van der Waals surface area contributed by atoms with Gasteiger partial charge < -0.3 is 9.47 Å². The van der Waals surface area contributed by atoms with Crippen molar-refractivity contribution in [2.45, 2.75) is 18.4 Å². The SMILES string of the molecule is COC(=O)c1ccc(OC)cc1CN1C(=O)N(c2cccc(C)c2)S(=O)(=O)c2ccccc21. The van der Waals surface area contributed by atoms with Crippen molar-refractivity contribution in [2.24, 2.45) is 0 Å². The normalized spacial score (nSPS) is 14.6. The molecule has 0 aliphatic carbocycles. The minimum absolute atomic E-state index is 0.00591. The van der Waals surface area contributed by atoms with Gasteiger partial charge in [-0.2, -0.15) is 4.31 Å². The standard InChI is InChI=1S/C24H22N2O6S/c1-16-7-6-8-18(13-16)26-24(28)25(21-9-4-5-10-22(21)33(26,29)30)15-17-14-19(31-2)11-12-20(17)23(27)32-3/h4-14H,15H2,1-3H3. The largest absolute Gasteiger partial charge is 0.497 e. The zero-order valence-corrected chi connectivity index (χ0v) is 19.1. The summed E-state index contributed by atoms with van der Waals surface area (Å²) in [4.78, 5) is 27.3. The molecule has 1 aliphatic heterocycles. The fraction of sp³-hybridized carbons (Fsp3) is 0.167. The molecule has 4 rings (SSSR count). The van der Waals surface area contributed by atoms with Crippen molar-refractivity contribution >= 4 is 33.4 Å². The first kappa shape index (κ1) is 22.3. The number of carbonyl (C=O) groups is 2. The molecule has 0 spiro atoms. The van der Waals surface area contributed by atoms with Crippen LogP contribution in [0.25, 0.3) is 0 Å². The molecular weight excluding hydrogens is 444 g/mol. The second-order valence-electron chi connectivity index (χ2n) is 7.46. The number of esters is 1. The van der Waals surface area contributed by atoms with E-state index in [1.165, 1.54) is 25.2 Å². The number of rotatable bonds is 5. The van der Waals surface area contributed by atoms with Crippen LogP contribution in [0.2, 0.25) is 0 Å². The highest BCUT2D eigenvalue weighted by Crippen LogP contribution is 2.38. The molecule has 1 heterocycles. The lowest BCUT2D eigenvalue weighted by molar-refractivity contribution is 0.0599. The molecule has 0 atom stereocenters. The van der Waals surface area contributed by atoms with Crippen LogP contribution in [-0.4, -0.2) is 34.6 Å². The third-order valence-electron chi connectivity index (χ3n) is 5.36. The second-order valence-corrected chi connectivity index (χ2v) is 9.21. The highest BCUT2D eigenvalue weighted by molar-refractivity contribution is 7.94. The number of urea groups is 1. The van der Waals surface area contributed by atoms with Crippen molar-refractivity contribution in [3.8, 4) is 5.75 Å². The van der Waals surface area contributed by atoms with Gasteiger partial charge in [0.05, 0.1) is 37.7 Å². The van der Waals surface area contributed by atoms with E-state index in [1.54, 1.807) is 54.6 Å². The molecule has 33 heavy (non-hydrogen) atoms. The van der Waals surface area contributed by atoms with Gasteiger partial charge in [-0.05, 0) is 60.5 Å². The van der Waals surface area contributed by atoms with E-state index in [9.17, 15) is 18.0 Å². The number of hydrogen-bond acceptors (Lipinski definition) is 6. The zero-order valence-electron chi connectivity index (χ0n) is 18.3. The molecule has 0 unspecified atom stereocenters. The summed E-state index contributed by atoms with van der Waals surface area (Å²) in [6.45, 7) is 1.74. The first-order valence-corrected chi connectivity index (χ1v) is 11.5. The maximum atomic E-state index is 13.7. The first-order chi connectivity index (χ1) is 15.8. The summed E-state index contributed by atoms with van der Waals surface area (Å²) in [5.41, 5.74) is 1.97. The van der Waals surface area contributed by atoms with Gasteiger partial charge in [0.1, 0.15) is 10.6 Å². The molecule has 3 aromatic rings. The predicted molar refractivity (Wildman–Crippen MR) is 123 cm³/mol. The Morgan fingerprint density at radius 1 is 0.970 bits per heavy atom. The lowest BCUT2D eigenvalue weighted by Crippen LogP contribution is -2.50. The van der Waals surface area contributed by atoms with Crippen LogP contribution in [0, 0.1) is 6.92 Å². The molecule has 3 aromatic carbocycles. The van der Waals surface area contributed by atoms with Gasteiger partial charge in [0.2, 0.25) is 0 Å². The smallest absolute Gasteiger partial charge is 0.343 e. The maximum absolute atomic E-state index is 13.7. The monoisotopic (exact) mass is 466 g/mol. The van der Waals surface area contributed by atoms with E-state index >= 15 is 0 Å². The topological polar surface area (TPSA) is 93.2 Å². The number of aryl methyl sites for hydroxylation is 1. The molecule has 170 valence electrons. The Bertz CT molecular complexity index is 1350. The average Bonchev–Trinajstić information content (AvgIpc) is 2.81. The summed E-state index contributed by atoms with van der Waals surface area (Å²) in [5.74, 6) is -0.0906. The van der Waals surface area contributed by atoms with E-state index in [4.69, 9.17) is 9.47 Å². The number of hydrogen-bond donors (Lipinski definition) is 0. The van der Waals surface area contributed by atoms with Crippen LogP contribution in [0.3, 0.4) is 0 Å². The van der Waals surface area contributed by atoms with E-state index in [0.717, 1.165) is 9.87 Å². The Balaban J connectivity index is 1.89. The van der Waals surface area contributed by atoms with Gasteiger partial charge in [0.25, 0.3) is 10.0 Å². The number of methoxy groups -OCH3 is 2. The summed E-state index contributed by atoms with van der Waals surface area (Å²) < 4.78 is 37.8. The van der Waals surface area contributed by atoms with Crippen LogP contribution < -0.4 is 13.9 Å². The number of ether oxygens (including phenoxy) is 2. The van der Waals surface area contributed by atoms with E-state index in [0.29, 0.717) is 11.3 Å². The van der Waals surface area contributed by atoms with Gasteiger partial charge in [-0.15, -0.1) is 0 Å². The summed E-state index contributed by atoms with van der Waals surface area (Å²) in [6, 6.07) is 17.0. The molecule has 9 heteroatoms. The Morgan fingerprint density at radius 3 is 2.42 bits per heavy atom. The Hall–Kier alpha value is -3.85. The van der Waals surface area contributed by atoms with Gasteiger partial charge >= 0.3 is 12.0 Å². The third-order valence-corrected chi connectivity index (χ3v) is 7.11. The van der Waals surface area contributed by atoms with Crippen molar-refractivity contribution < 1.29 is 27.5 Å². The third kappa shape index (κ3) is 3.91. The van der Waals surface area contributed by atoms with Gasteiger partial charge in [0, 0.05) is 0 Å². The van der Waals surface area contributed by atoms with Crippen molar-refractivity contribution in [3.05, 3.63) is 83.4 Å². The quantitative estimate of drug-likeness (QED) is 0.525. The van der Waals surface area contributed by atoms with E-state index in [1.807, 2.05) is 13.0 Å². The van der Waals surface area contributed by atoms with Crippen LogP contribution in [0.15, 0.2) is 71.6 Å². The number of nitrogens with zero attached hydrogens (tertiary/aromatic N) is 2. The van der Waals surface area contributed by atoms with Crippen LogP contribution in [-0.2, 0) is 21.3 Å². The number of benzene rings is 3. The number of sulfonamides is 1. The molecule has 2 amide bonds. The highest BCUT2D eigenvalue weighted by Gasteiger charge is 2.42. The molecule has 8 nitrogen and oxygen atoms in total. The number of anilines is 2.